The zero-order valence-electron chi connectivity index (χ0n) is 14.3. The van der Waals surface area contributed by atoms with Gasteiger partial charge < -0.3 is 5.32 Å². The van der Waals surface area contributed by atoms with Crippen LogP contribution < -0.4 is 5.32 Å². The van der Waals surface area contributed by atoms with Gasteiger partial charge in [-0.2, -0.15) is 0 Å². The number of aromatic nitrogens is 2. The van der Waals surface area contributed by atoms with Gasteiger partial charge in [0.1, 0.15) is 5.82 Å². The van der Waals surface area contributed by atoms with E-state index in [1.165, 1.54) is 11.3 Å². The second-order valence-corrected chi connectivity index (χ2v) is 9.55. The van der Waals surface area contributed by atoms with Crippen LogP contribution in [-0.2, 0) is 12.2 Å². The van der Waals surface area contributed by atoms with Gasteiger partial charge in [0.25, 0.3) is 0 Å². The fourth-order valence-electron chi connectivity index (χ4n) is 2.87. The van der Waals surface area contributed by atoms with E-state index >= 15 is 0 Å². The molecule has 1 N–H and O–H groups in total. The number of nitrogens with one attached hydrogen (secondary N) is 1. The first-order valence-electron chi connectivity index (χ1n) is 7.92. The van der Waals surface area contributed by atoms with Crippen molar-refractivity contribution in [2.24, 2.45) is 5.41 Å². The monoisotopic (exact) mass is 307 g/mol. The maximum atomic E-state index is 4.87. The second kappa shape index (κ2) is 6.25. The molecule has 0 saturated carbocycles. The quantitative estimate of drug-likeness (QED) is 0.907. The molecule has 1 aromatic heterocycles. The van der Waals surface area contributed by atoms with E-state index < -0.39 is 0 Å². The molecule has 0 saturated heterocycles. The Morgan fingerprint density at radius 2 is 2.10 bits per heavy atom. The van der Waals surface area contributed by atoms with Gasteiger partial charge >= 0.3 is 0 Å². The van der Waals surface area contributed by atoms with Crippen molar-refractivity contribution >= 4 is 11.8 Å². The van der Waals surface area contributed by atoms with Crippen LogP contribution in [-0.4, -0.2) is 21.3 Å². The Labute approximate surface area is 133 Å². The maximum Gasteiger partial charge on any atom is 0.138 e. The third-order valence-corrected chi connectivity index (χ3v) is 5.08. The molecule has 0 fully saturated rings. The zero-order chi connectivity index (χ0) is 15.7. The standard InChI is InChI=1S/C17H29N3S/c1-7-18-13-8-17(5,6)9-14-12(13)10-19-15(20-14)11-21-16(2,3)4/h10,13,18H,7-9,11H2,1-6H3. The minimum Gasteiger partial charge on any atom is -0.310 e. The predicted octanol–water partition coefficient (Wildman–Crippen LogP) is 4.13. The van der Waals surface area contributed by atoms with E-state index in [4.69, 9.17) is 4.98 Å². The molecule has 1 unspecified atom stereocenters. The Kier molecular flexibility index (Phi) is 4.99. The molecule has 21 heavy (non-hydrogen) atoms. The molecule has 1 heterocycles. The molecule has 0 amide bonds. The number of fused-ring (bicyclic) bond motifs is 1. The lowest BCUT2D eigenvalue weighted by molar-refractivity contribution is 0.255. The fraction of sp³-hybridized carbons (Fsp3) is 0.765. The minimum absolute atomic E-state index is 0.255. The first kappa shape index (κ1) is 16.8. The van der Waals surface area contributed by atoms with Crippen molar-refractivity contribution in [2.75, 3.05) is 6.54 Å². The summed E-state index contributed by atoms with van der Waals surface area (Å²) in [5, 5.41) is 3.59. The van der Waals surface area contributed by atoms with Gasteiger partial charge in [0.2, 0.25) is 0 Å². The molecule has 3 nitrogen and oxygen atoms in total. The molecular weight excluding hydrogens is 278 g/mol. The average Bonchev–Trinajstić information content (AvgIpc) is 2.34. The summed E-state index contributed by atoms with van der Waals surface area (Å²) >= 11 is 1.91. The molecule has 1 aromatic rings. The topological polar surface area (TPSA) is 37.8 Å². The Bertz CT molecular complexity index is 491. The largest absolute Gasteiger partial charge is 0.310 e. The maximum absolute atomic E-state index is 4.87. The van der Waals surface area contributed by atoms with Crippen molar-refractivity contribution in [1.82, 2.24) is 15.3 Å². The molecule has 0 bridgehead atoms. The molecule has 2 rings (SSSR count). The minimum atomic E-state index is 0.255. The van der Waals surface area contributed by atoms with Gasteiger partial charge in [0.15, 0.2) is 0 Å². The summed E-state index contributed by atoms with van der Waals surface area (Å²) in [6, 6.07) is 0.401. The number of rotatable bonds is 4. The highest BCUT2D eigenvalue weighted by molar-refractivity contribution is 7.99. The number of thioether (sulfide) groups is 1. The van der Waals surface area contributed by atoms with E-state index in [0.29, 0.717) is 11.5 Å². The molecule has 1 atom stereocenters. The molecular formula is C17H29N3S. The van der Waals surface area contributed by atoms with Crippen LogP contribution >= 0.6 is 11.8 Å². The molecule has 118 valence electrons. The van der Waals surface area contributed by atoms with Gasteiger partial charge in [0.05, 0.1) is 5.75 Å². The Morgan fingerprint density at radius 3 is 2.71 bits per heavy atom. The Balaban J connectivity index is 2.21. The molecule has 4 heteroatoms. The highest BCUT2D eigenvalue weighted by Crippen LogP contribution is 2.39. The zero-order valence-corrected chi connectivity index (χ0v) is 15.1. The van der Waals surface area contributed by atoms with Crippen molar-refractivity contribution in [3.05, 3.63) is 23.3 Å². The first-order valence-corrected chi connectivity index (χ1v) is 8.91. The van der Waals surface area contributed by atoms with Crippen LogP contribution in [0.5, 0.6) is 0 Å². The van der Waals surface area contributed by atoms with E-state index in [-0.39, 0.29) is 4.75 Å². The summed E-state index contributed by atoms with van der Waals surface area (Å²) in [7, 11) is 0. The second-order valence-electron chi connectivity index (χ2n) is 7.74. The predicted molar refractivity (Wildman–Crippen MR) is 91.6 cm³/mol. The number of nitrogens with zero attached hydrogens (tertiary/aromatic N) is 2. The van der Waals surface area contributed by atoms with E-state index in [9.17, 15) is 0 Å². The molecule has 0 spiro atoms. The number of hydrogen-bond donors (Lipinski definition) is 1. The fourth-order valence-corrected chi connectivity index (χ4v) is 3.57. The molecule has 0 radical (unpaired) electrons. The van der Waals surface area contributed by atoms with E-state index in [2.05, 4.69) is 58.0 Å². The Morgan fingerprint density at radius 1 is 1.38 bits per heavy atom. The highest BCUT2D eigenvalue weighted by atomic mass is 32.2. The van der Waals surface area contributed by atoms with Crippen LogP contribution in [0.1, 0.15) is 71.1 Å². The van der Waals surface area contributed by atoms with Crippen molar-refractivity contribution in [3.8, 4) is 0 Å². The van der Waals surface area contributed by atoms with Gasteiger partial charge in [0, 0.05) is 28.2 Å². The molecule has 1 aliphatic carbocycles. The highest BCUT2D eigenvalue weighted by Gasteiger charge is 2.33. The van der Waals surface area contributed by atoms with Crippen molar-refractivity contribution in [2.45, 2.75) is 70.9 Å². The summed E-state index contributed by atoms with van der Waals surface area (Å²) in [5.74, 6) is 1.87. The number of hydrogen-bond acceptors (Lipinski definition) is 4. The summed E-state index contributed by atoms with van der Waals surface area (Å²) in [6.45, 7) is 14.5. The normalized spacial score (nSPS) is 21.1. The van der Waals surface area contributed by atoms with Gasteiger partial charge in [-0.1, -0.05) is 41.5 Å². The van der Waals surface area contributed by atoms with E-state index in [0.717, 1.165) is 31.0 Å². The Hall–Kier alpha value is -0.610. The van der Waals surface area contributed by atoms with Gasteiger partial charge in [-0.15, -0.1) is 11.8 Å². The lowest BCUT2D eigenvalue weighted by atomic mass is 9.74. The van der Waals surface area contributed by atoms with Gasteiger partial charge in [-0.05, 0) is 24.8 Å². The van der Waals surface area contributed by atoms with Crippen molar-refractivity contribution in [1.29, 1.82) is 0 Å². The van der Waals surface area contributed by atoms with Crippen LogP contribution in [0.4, 0.5) is 0 Å². The summed E-state index contributed by atoms with van der Waals surface area (Å²) < 4.78 is 0.255. The molecule has 0 aliphatic heterocycles. The van der Waals surface area contributed by atoms with Gasteiger partial charge in [-0.25, -0.2) is 9.97 Å². The molecule has 1 aliphatic rings. The first-order chi connectivity index (χ1) is 9.70. The summed E-state index contributed by atoms with van der Waals surface area (Å²) in [4.78, 5) is 9.48. The van der Waals surface area contributed by atoms with Crippen molar-refractivity contribution in [3.63, 3.8) is 0 Å². The third-order valence-electron chi connectivity index (χ3n) is 3.81. The van der Waals surface area contributed by atoms with Crippen LogP contribution in [0, 0.1) is 5.41 Å². The third kappa shape index (κ3) is 4.68. The van der Waals surface area contributed by atoms with Crippen LogP contribution in [0.25, 0.3) is 0 Å². The lowest BCUT2D eigenvalue weighted by Crippen LogP contribution is -2.34. The summed E-state index contributed by atoms with van der Waals surface area (Å²) in [5.41, 5.74) is 2.86. The summed E-state index contributed by atoms with van der Waals surface area (Å²) in [6.07, 6.45) is 4.27. The smallest absolute Gasteiger partial charge is 0.138 e. The average molecular weight is 308 g/mol. The van der Waals surface area contributed by atoms with Crippen molar-refractivity contribution < 1.29 is 0 Å². The van der Waals surface area contributed by atoms with E-state index in [1.807, 2.05) is 11.8 Å². The van der Waals surface area contributed by atoms with Crippen LogP contribution in [0.15, 0.2) is 6.20 Å². The lowest BCUT2D eigenvalue weighted by Gasteiger charge is -2.36. The SMILES string of the molecule is CCNC1CC(C)(C)Cc2nc(CSC(C)(C)C)ncc21. The van der Waals surface area contributed by atoms with Crippen LogP contribution in [0.2, 0.25) is 0 Å². The van der Waals surface area contributed by atoms with Crippen LogP contribution in [0.3, 0.4) is 0 Å². The van der Waals surface area contributed by atoms with Gasteiger partial charge in [-0.3, -0.25) is 0 Å². The van der Waals surface area contributed by atoms with E-state index in [1.54, 1.807) is 0 Å². The molecule has 0 aromatic carbocycles.